The Hall–Kier alpha value is -0.0900. The predicted octanol–water partition coefficient (Wildman–Crippen LogP) is 1.60. The van der Waals surface area contributed by atoms with Gasteiger partial charge in [0, 0.05) is 13.1 Å². The summed E-state index contributed by atoms with van der Waals surface area (Å²) in [5.74, 6) is 0.751. The van der Waals surface area contributed by atoms with Crippen molar-refractivity contribution in [3.05, 3.63) is 0 Å². The van der Waals surface area contributed by atoms with Crippen molar-refractivity contribution in [3.8, 4) is 0 Å². The summed E-state index contributed by atoms with van der Waals surface area (Å²) in [7, 11) is -2.89. The standard InChI is InChI=1S/C10H19NO2S/c1-2-9-5-7-11(8-6-9)14(12,13)10-3-4-10/h9-10H,2-8H2,1H3. The SMILES string of the molecule is CCC1CCN(S(=O)(=O)C2CC2)CC1. The molecular formula is C10H19NO2S. The van der Waals surface area contributed by atoms with Crippen molar-refractivity contribution in [3.63, 3.8) is 0 Å². The average Bonchev–Trinajstić information content (AvgIpc) is 3.01. The van der Waals surface area contributed by atoms with Crippen LogP contribution in [0, 0.1) is 5.92 Å². The number of hydrogen-bond donors (Lipinski definition) is 0. The van der Waals surface area contributed by atoms with Crippen LogP contribution in [0.1, 0.15) is 39.0 Å². The molecule has 2 fully saturated rings. The topological polar surface area (TPSA) is 37.4 Å². The van der Waals surface area contributed by atoms with Crippen LogP contribution in [0.15, 0.2) is 0 Å². The van der Waals surface area contributed by atoms with E-state index in [2.05, 4.69) is 6.92 Å². The number of rotatable bonds is 3. The zero-order chi connectivity index (χ0) is 10.2. The van der Waals surface area contributed by atoms with Gasteiger partial charge in [0.05, 0.1) is 5.25 Å². The lowest BCUT2D eigenvalue weighted by molar-refractivity contribution is 0.268. The highest BCUT2D eigenvalue weighted by Gasteiger charge is 2.40. The fourth-order valence-corrected chi connectivity index (χ4v) is 4.02. The molecule has 2 aliphatic rings. The Morgan fingerprint density at radius 2 is 1.71 bits per heavy atom. The van der Waals surface area contributed by atoms with E-state index in [0.717, 1.165) is 44.7 Å². The summed E-state index contributed by atoms with van der Waals surface area (Å²) in [6.07, 6.45) is 5.08. The molecule has 0 aromatic rings. The van der Waals surface area contributed by atoms with Crippen LogP contribution in [0.3, 0.4) is 0 Å². The van der Waals surface area contributed by atoms with E-state index in [0.29, 0.717) is 0 Å². The van der Waals surface area contributed by atoms with Crippen LogP contribution in [-0.4, -0.2) is 31.1 Å². The summed E-state index contributed by atoms with van der Waals surface area (Å²) in [5, 5.41) is -0.0272. The van der Waals surface area contributed by atoms with Gasteiger partial charge >= 0.3 is 0 Å². The summed E-state index contributed by atoms with van der Waals surface area (Å²) in [6, 6.07) is 0. The molecule has 0 bridgehead atoms. The van der Waals surface area contributed by atoms with Crippen LogP contribution in [0.2, 0.25) is 0 Å². The Morgan fingerprint density at radius 1 is 1.14 bits per heavy atom. The van der Waals surface area contributed by atoms with Crippen molar-refractivity contribution in [2.75, 3.05) is 13.1 Å². The van der Waals surface area contributed by atoms with E-state index in [-0.39, 0.29) is 5.25 Å². The highest BCUT2D eigenvalue weighted by atomic mass is 32.2. The molecule has 0 aromatic heterocycles. The van der Waals surface area contributed by atoms with E-state index in [9.17, 15) is 8.42 Å². The van der Waals surface area contributed by atoms with E-state index < -0.39 is 10.0 Å². The molecule has 14 heavy (non-hydrogen) atoms. The normalized spacial score (nSPS) is 26.6. The largest absolute Gasteiger partial charge is 0.216 e. The lowest BCUT2D eigenvalue weighted by Crippen LogP contribution is -2.40. The minimum absolute atomic E-state index is 0.0272. The Morgan fingerprint density at radius 3 is 2.14 bits per heavy atom. The molecule has 0 unspecified atom stereocenters. The molecule has 1 heterocycles. The molecule has 4 heteroatoms. The molecule has 1 saturated heterocycles. The first kappa shape index (κ1) is 10.4. The van der Waals surface area contributed by atoms with Crippen molar-refractivity contribution in [2.24, 2.45) is 5.92 Å². The minimum Gasteiger partial charge on any atom is -0.212 e. The first-order valence-corrected chi connectivity index (χ1v) is 7.14. The third-order valence-corrected chi connectivity index (χ3v) is 5.86. The molecule has 3 nitrogen and oxygen atoms in total. The monoisotopic (exact) mass is 217 g/mol. The highest BCUT2D eigenvalue weighted by molar-refractivity contribution is 7.90. The van der Waals surface area contributed by atoms with Crippen molar-refractivity contribution < 1.29 is 8.42 Å². The molecule has 0 spiro atoms. The summed E-state index contributed by atoms with van der Waals surface area (Å²) in [4.78, 5) is 0. The second-order valence-corrected chi connectivity index (χ2v) is 6.71. The molecule has 2 rings (SSSR count). The number of hydrogen-bond acceptors (Lipinski definition) is 2. The molecule has 0 N–H and O–H groups in total. The lowest BCUT2D eigenvalue weighted by Gasteiger charge is -2.30. The molecule has 0 radical (unpaired) electrons. The van der Waals surface area contributed by atoms with E-state index in [1.807, 2.05) is 0 Å². The zero-order valence-electron chi connectivity index (χ0n) is 8.78. The summed E-state index contributed by atoms with van der Waals surface area (Å²) >= 11 is 0. The van der Waals surface area contributed by atoms with Crippen LogP contribution in [0.4, 0.5) is 0 Å². The fraction of sp³-hybridized carbons (Fsp3) is 1.00. The first-order chi connectivity index (χ1) is 6.64. The molecular weight excluding hydrogens is 198 g/mol. The summed E-state index contributed by atoms with van der Waals surface area (Å²) in [5.41, 5.74) is 0. The molecule has 0 aromatic carbocycles. The van der Waals surface area contributed by atoms with Gasteiger partial charge in [0.15, 0.2) is 0 Å². The second-order valence-electron chi connectivity index (χ2n) is 4.49. The smallest absolute Gasteiger partial charge is 0.212 e. The van der Waals surface area contributed by atoms with Gasteiger partial charge in [-0.3, -0.25) is 0 Å². The van der Waals surface area contributed by atoms with Gasteiger partial charge in [-0.05, 0) is 31.6 Å². The van der Waals surface area contributed by atoms with E-state index >= 15 is 0 Å². The van der Waals surface area contributed by atoms with Gasteiger partial charge in [-0.15, -0.1) is 0 Å². The number of sulfonamides is 1. The van der Waals surface area contributed by atoms with Gasteiger partial charge < -0.3 is 0 Å². The molecule has 1 aliphatic carbocycles. The van der Waals surface area contributed by atoms with Crippen LogP contribution in [0.25, 0.3) is 0 Å². The van der Waals surface area contributed by atoms with Gasteiger partial charge in [-0.1, -0.05) is 13.3 Å². The van der Waals surface area contributed by atoms with Crippen molar-refractivity contribution in [1.29, 1.82) is 0 Å². The quantitative estimate of drug-likeness (QED) is 0.720. The number of piperidine rings is 1. The maximum atomic E-state index is 11.9. The summed E-state index contributed by atoms with van der Waals surface area (Å²) < 4.78 is 25.5. The molecule has 82 valence electrons. The molecule has 0 amide bonds. The third kappa shape index (κ3) is 1.96. The minimum atomic E-state index is -2.89. The lowest BCUT2D eigenvalue weighted by atomic mass is 9.96. The molecule has 0 atom stereocenters. The third-order valence-electron chi connectivity index (χ3n) is 3.46. The van der Waals surface area contributed by atoms with Crippen molar-refractivity contribution in [2.45, 2.75) is 44.3 Å². The van der Waals surface area contributed by atoms with Crippen LogP contribution < -0.4 is 0 Å². The van der Waals surface area contributed by atoms with E-state index in [1.54, 1.807) is 4.31 Å². The molecule has 1 aliphatic heterocycles. The van der Waals surface area contributed by atoms with Crippen LogP contribution in [0.5, 0.6) is 0 Å². The van der Waals surface area contributed by atoms with E-state index in [1.165, 1.54) is 6.42 Å². The van der Waals surface area contributed by atoms with Gasteiger partial charge in [-0.25, -0.2) is 12.7 Å². The van der Waals surface area contributed by atoms with E-state index in [4.69, 9.17) is 0 Å². The second kappa shape index (κ2) is 3.81. The highest BCUT2D eigenvalue weighted by Crippen LogP contribution is 2.33. The maximum Gasteiger partial charge on any atom is 0.216 e. The van der Waals surface area contributed by atoms with Crippen LogP contribution >= 0.6 is 0 Å². The van der Waals surface area contributed by atoms with Crippen molar-refractivity contribution in [1.82, 2.24) is 4.31 Å². The van der Waals surface area contributed by atoms with Gasteiger partial charge in [0.1, 0.15) is 0 Å². The Kier molecular flexibility index (Phi) is 2.84. The predicted molar refractivity (Wildman–Crippen MR) is 56.5 cm³/mol. The number of nitrogens with zero attached hydrogens (tertiary/aromatic N) is 1. The maximum absolute atomic E-state index is 11.9. The Balaban J connectivity index is 1.94. The average molecular weight is 217 g/mol. The Bertz CT molecular complexity index is 287. The van der Waals surface area contributed by atoms with Crippen LogP contribution in [-0.2, 0) is 10.0 Å². The first-order valence-electron chi connectivity index (χ1n) is 5.63. The molecule has 1 saturated carbocycles. The van der Waals surface area contributed by atoms with Gasteiger partial charge in [0.2, 0.25) is 10.0 Å². The summed E-state index contributed by atoms with van der Waals surface area (Å²) in [6.45, 7) is 3.71. The Labute approximate surface area is 86.5 Å². The fourth-order valence-electron chi connectivity index (χ4n) is 2.15. The zero-order valence-corrected chi connectivity index (χ0v) is 9.59. The van der Waals surface area contributed by atoms with Gasteiger partial charge in [-0.2, -0.15) is 0 Å². The van der Waals surface area contributed by atoms with Gasteiger partial charge in [0.25, 0.3) is 0 Å². The van der Waals surface area contributed by atoms with Crippen molar-refractivity contribution >= 4 is 10.0 Å².